The summed E-state index contributed by atoms with van der Waals surface area (Å²) in [6.07, 6.45) is 1.18. The number of benzene rings is 2. The Kier molecular flexibility index (Phi) is 5.20. The zero-order valence-electron chi connectivity index (χ0n) is 12.8. The molecule has 2 aromatic rings. The summed E-state index contributed by atoms with van der Waals surface area (Å²) in [5, 5.41) is 0. The fourth-order valence-corrected chi connectivity index (χ4v) is 3.59. The van der Waals surface area contributed by atoms with E-state index in [1.54, 1.807) is 0 Å². The first kappa shape index (κ1) is 16.9. The Balaban J connectivity index is 2.71. The fourth-order valence-electron chi connectivity index (χ4n) is 2.85. The van der Waals surface area contributed by atoms with Gasteiger partial charge in [-0.3, -0.25) is 4.52 Å². The number of hydrogen-bond donors (Lipinski definition) is 2. The summed E-state index contributed by atoms with van der Waals surface area (Å²) >= 11 is 0. The van der Waals surface area contributed by atoms with Gasteiger partial charge in [-0.05, 0) is 29.5 Å². The number of aryl methyl sites for hydroxylation is 1. The van der Waals surface area contributed by atoms with Gasteiger partial charge in [0.25, 0.3) is 0 Å². The van der Waals surface area contributed by atoms with E-state index in [1.807, 2.05) is 68.4 Å². The zero-order chi connectivity index (χ0) is 16.2. The molecular weight excluding hydrogens is 299 g/mol. The second-order valence-electron chi connectivity index (χ2n) is 5.14. The van der Waals surface area contributed by atoms with Gasteiger partial charge in [0.1, 0.15) is 5.60 Å². The van der Waals surface area contributed by atoms with Crippen molar-refractivity contribution < 1.29 is 18.9 Å². The lowest BCUT2D eigenvalue weighted by Crippen LogP contribution is -2.30. The van der Waals surface area contributed by atoms with Crippen molar-refractivity contribution in [1.82, 2.24) is 0 Å². The normalized spacial score (nSPS) is 14.5. The van der Waals surface area contributed by atoms with Crippen LogP contribution in [0.1, 0.15) is 37.0 Å². The minimum Gasteiger partial charge on any atom is -0.303 e. The summed E-state index contributed by atoms with van der Waals surface area (Å²) in [5.41, 5.74) is 1.39. The third kappa shape index (κ3) is 3.47. The third-order valence-corrected chi connectivity index (χ3v) is 4.40. The van der Waals surface area contributed by atoms with Gasteiger partial charge in [0, 0.05) is 0 Å². The van der Waals surface area contributed by atoms with Crippen LogP contribution in [0.3, 0.4) is 0 Å². The monoisotopic (exact) mass is 320 g/mol. The molecule has 0 radical (unpaired) electrons. The molecule has 0 heterocycles. The SMILES string of the molecule is CCc1ccccc1[C@@](CC)(OP(=O)(O)O)c1ccccc1. The standard InChI is InChI=1S/C17H21O4P/c1-3-14-10-8-9-13-16(14)17(4-2,21-22(18,19)20)15-11-6-5-7-12-15/h5-13H,3-4H2,1-2H3,(H2,18,19,20)/t17-/m0/s1. The Morgan fingerprint density at radius 1 is 1.00 bits per heavy atom. The molecule has 0 aromatic heterocycles. The first-order valence-electron chi connectivity index (χ1n) is 7.33. The van der Waals surface area contributed by atoms with Crippen LogP contribution in [0.15, 0.2) is 54.6 Å². The highest BCUT2D eigenvalue weighted by Gasteiger charge is 2.40. The van der Waals surface area contributed by atoms with E-state index in [4.69, 9.17) is 4.52 Å². The van der Waals surface area contributed by atoms with Crippen molar-refractivity contribution in [3.05, 3.63) is 71.3 Å². The summed E-state index contributed by atoms with van der Waals surface area (Å²) in [7, 11) is -4.67. The molecule has 0 aliphatic heterocycles. The molecule has 0 spiro atoms. The number of phosphoric acid groups is 1. The Morgan fingerprint density at radius 3 is 2.14 bits per heavy atom. The third-order valence-electron chi connectivity index (χ3n) is 3.85. The minimum atomic E-state index is -4.67. The zero-order valence-corrected chi connectivity index (χ0v) is 13.7. The summed E-state index contributed by atoms with van der Waals surface area (Å²) < 4.78 is 17.0. The van der Waals surface area contributed by atoms with Gasteiger partial charge in [-0.1, -0.05) is 68.4 Å². The predicted octanol–water partition coefficient (Wildman–Crippen LogP) is 4.01. The summed E-state index contributed by atoms with van der Waals surface area (Å²) in [5.74, 6) is 0. The maximum atomic E-state index is 11.6. The van der Waals surface area contributed by atoms with Crippen molar-refractivity contribution in [2.75, 3.05) is 0 Å². The molecule has 0 amide bonds. The fraction of sp³-hybridized carbons (Fsp3) is 0.294. The molecule has 0 saturated heterocycles. The van der Waals surface area contributed by atoms with E-state index in [2.05, 4.69) is 0 Å². The van der Waals surface area contributed by atoms with Gasteiger partial charge < -0.3 is 9.79 Å². The average molecular weight is 320 g/mol. The molecule has 0 aliphatic rings. The van der Waals surface area contributed by atoms with Crippen LogP contribution in [0.25, 0.3) is 0 Å². The summed E-state index contributed by atoms with van der Waals surface area (Å²) in [6.45, 7) is 3.89. The van der Waals surface area contributed by atoms with E-state index in [0.717, 1.165) is 23.1 Å². The van der Waals surface area contributed by atoms with Gasteiger partial charge in [0.15, 0.2) is 0 Å². The van der Waals surface area contributed by atoms with Gasteiger partial charge in [-0.15, -0.1) is 0 Å². The van der Waals surface area contributed by atoms with Gasteiger partial charge in [0.2, 0.25) is 0 Å². The largest absolute Gasteiger partial charge is 0.470 e. The molecule has 0 bridgehead atoms. The van der Waals surface area contributed by atoms with E-state index in [1.165, 1.54) is 0 Å². The molecule has 4 nitrogen and oxygen atoms in total. The minimum absolute atomic E-state index is 0.416. The number of phosphoric ester groups is 1. The molecule has 0 unspecified atom stereocenters. The lowest BCUT2D eigenvalue weighted by Gasteiger charge is -2.35. The summed E-state index contributed by atoms with van der Waals surface area (Å²) in [4.78, 5) is 18.9. The predicted molar refractivity (Wildman–Crippen MR) is 86.5 cm³/mol. The Labute approximate surface area is 131 Å². The molecule has 0 fully saturated rings. The van der Waals surface area contributed by atoms with Crippen LogP contribution >= 0.6 is 7.82 Å². The van der Waals surface area contributed by atoms with Crippen LogP contribution in [-0.2, 0) is 21.1 Å². The molecule has 0 aliphatic carbocycles. The van der Waals surface area contributed by atoms with Gasteiger partial charge in [-0.2, -0.15) is 0 Å². The Hall–Kier alpha value is -1.45. The Bertz CT molecular complexity index is 665. The first-order chi connectivity index (χ1) is 10.4. The molecule has 118 valence electrons. The van der Waals surface area contributed by atoms with Crippen LogP contribution in [0.4, 0.5) is 0 Å². The second-order valence-corrected chi connectivity index (χ2v) is 6.30. The molecule has 2 rings (SSSR count). The highest BCUT2D eigenvalue weighted by atomic mass is 31.2. The smallest absolute Gasteiger partial charge is 0.303 e. The molecule has 2 N–H and O–H groups in total. The van der Waals surface area contributed by atoms with Crippen LogP contribution in [-0.4, -0.2) is 9.79 Å². The maximum Gasteiger partial charge on any atom is 0.470 e. The van der Waals surface area contributed by atoms with Gasteiger partial charge in [-0.25, -0.2) is 4.57 Å². The van der Waals surface area contributed by atoms with E-state index in [9.17, 15) is 14.4 Å². The van der Waals surface area contributed by atoms with Crippen molar-refractivity contribution in [2.24, 2.45) is 0 Å². The second kappa shape index (κ2) is 6.76. The molecule has 1 atom stereocenters. The van der Waals surface area contributed by atoms with Crippen LogP contribution in [0.5, 0.6) is 0 Å². The van der Waals surface area contributed by atoms with E-state index >= 15 is 0 Å². The quantitative estimate of drug-likeness (QED) is 0.789. The molecule has 22 heavy (non-hydrogen) atoms. The highest BCUT2D eigenvalue weighted by Crippen LogP contribution is 2.51. The van der Waals surface area contributed by atoms with E-state index in [-0.39, 0.29) is 0 Å². The van der Waals surface area contributed by atoms with Gasteiger partial charge >= 0.3 is 7.82 Å². The van der Waals surface area contributed by atoms with Crippen LogP contribution in [0, 0.1) is 0 Å². The van der Waals surface area contributed by atoms with Crippen LogP contribution < -0.4 is 0 Å². The van der Waals surface area contributed by atoms with Crippen molar-refractivity contribution in [3.8, 4) is 0 Å². The van der Waals surface area contributed by atoms with Crippen molar-refractivity contribution in [1.29, 1.82) is 0 Å². The number of rotatable bonds is 6. The van der Waals surface area contributed by atoms with Gasteiger partial charge in [0.05, 0.1) is 0 Å². The molecule has 5 heteroatoms. The van der Waals surface area contributed by atoms with E-state index < -0.39 is 13.4 Å². The van der Waals surface area contributed by atoms with Crippen molar-refractivity contribution in [2.45, 2.75) is 32.3 Å². The topological polar surface area (TPSA) is 66.8 Å². The summed E-state index contributed by atoms with van der Waals surface area (Å²) in [6, 6.07) is 16.9. The molecule has 2 aromatic carbocycles. The average Bonchev–Trinajstić information content (AvgIpc) is 2.52. The molecule has 0 saturated carbocycles. The van der Waals surface area contributed by atoms with E-state index in [0.29, 0.717) is 6.42 Å². The Morgan fingerprint density at radius 2 is 1.59 bits per heavy atom. The number of hydrogen-bond acceptors (Lipinski definition) is 2. The maximum absolute atomic E-state index is 11.6. The lowest BCUT2D eigenvalue weighted by atomic mass is 9.81. The lowest BCUT2D eigenvalue weighted by molar-refractivity contribution is 0.0610. The first-order valence-corrected chi connectivity index (χ1v) is 8.86. The molecular formula is C17H21O4P. The van der Waals surface area contributed by atoms with Crippen molar-refractivity contribution >= 4 is 7.82 Å². The van der Waals surface area contributed by atoms with Crippen molar-refractivity contribution in [3.63, 3.8) is 0 Å². The highest BCUT2D eigenvalue weighted by molar-refractivity contribution is 7.46. The van der Waals surface area contributed by atoms with Crippen LogP contribution in [0.2, 0.25) is 0 Å².